The number of benzene rings is 2. The number of hydrogen-bond donors (Lipinski definition) is 1. The van der Waals surface area contributed by atoms with Gasteiger partial charge in [0.25, 0.3) is 5.91 Å². The monoisotopic (exact) mass is 422 g/mol. The summed E-state index contributed by atoms with van der Waals surface area (Å²) in [6.07, 6.45) is -4.83. The highest BCUT2D eigenvalue weighted by Crippen LogP contribution is 2.25. The van der Waals surface area contributed by atoms with E-state index in [-0.39, 0.29) is 24.3 Å². The number of anilines is 1. The third-order valence-corrected chi connectivity index (χ3v) is 4.40. The summed E-state index contributed by atoms with van der Waals surface area (Å²) in [5, 5.41) is 2.94. The number of alkyl halides is 3. The topological polar surface area (TPSA) is 84.9 Å². The van der Waals surface area contributed by atoms with E-state index in [9.17, 15) is 27.6 Å². The predicted molar refractivity (Wildman–Crippen MR) is 98.6 cm³/mol. The van der Waals surface area contributed by atoms with Crippen LogP contribution in [-0.2, 0) is 20.9 Å². The quantitative estimate of drug-likeness (QED) is 0.569. The van der Waals surface area contributed by atoms with Crippen LogP contribution in [0.3, 0.4) is 0 Å². The number of methoxy groups -OCH3 is 1. The number of hydrogen-bond acceptors (Lipinski definition) is 6. The second-order valence-corrected chi connectivity index (χ2v) is 6.44. The number of halogens is 3. The Morgan fingerprint density at radius 1 is 1.10 bits per heavy atom. The van der Waals surface area contributed by atoms with Crippen molar-refractivity contribution in [1.29, 1.82) is 0 Å². The molecule has 0 bridgehead atoms. The van der Waals surface area contributed by atoms with Gasteiger partial charge in [-0.2, -0.15) is 0 Å². The van der Waals surface area contributed by atoms with Gasteiger partial charge in [-0.25, -0.2) is 9.69 Å². The zero-order valence-corrected chi connectivity index (χ0v) is 15.7. The maximum Gasteiger partial charge on any atom is 0.573 e. The number of carbonyl (C=O) groups excluding carboxylic acids is 3. The Bertz CT molecular complexity index is 942. The van der Waals surface area contributed by atoms with Crippen molar-refractivity contribution in [3.63, 3.8) is 0 Å². The van der Waals surface area contributed by atoms with Gasteiger partial charge in [-0.05, 0) is 42.0 Å². The summed E-state index contributed by atoms with van der Waals surface area (Å²) in [5.41, 5.74) is 1.23. The van der Waals surface area contributed by atoms with Crippen molar-refractivity contribution in [3.8, 4) is 5.75 Å². The number of carbonyl (C=O) groups is 3. The molecular formula is C20H17F3N2O5. The Morgan fingerprint density at radius 2 is 1.73 bits per heavy atom. The summed E-state index contributed by atoms with van der Waals surface area (Å²) in [7, 11) is 1.25. The van der Waals surface area contributed by atoms with E-state index >= 15 is 0 Å². The first-order chi connectivity index (χ1) is 14.2. The highest BCUT2D eigenvalue weighted by atomic mass is 19.4. The van der Waals surface area contributed by atoms with Crippen molar-refractivity contribution >= 4 is 23.5 Å². The Labute approximate surface area is 169 Å². The van der Waals surface area contributed by atoms with Gasteiger partial charge in [0.15, 0.2) is 0 Å². The molecule has 0 saturated carbocycles. The molecule has 0 aromatic heterocycles. The zero-order valence-electron chi connectivity index (χ0n) is 15.7. The van der Waals surface area contributed by atoms with Crippen LogP contribution in [0.4, 0.5) is 18.9 Å². The molecule has 1 fully saturated rings. The minimum absolute atomic E-state index is 0.0626. The molecule has 30 heavy (non-hydrogen) atoms. The summed E-state index contributed by atoms with van der Waals surface area (Å²) < 4.78 is 45.0. The van der Waals surface area contributed by atoms with E-state index in [1.165, 1.54) is 55.6 Å². The third-order valence-electron chi connectivity index (χ3n) is 4.40. The molecule has 1 saturated heterocycles. The average molecular weight is 422 g/mol. The normalized spacial score (nSPS) is 16.7. The van der Waals surface area contributed by atoms with Crippen LogP contribution in [0.1, 0.15) is 22.3 Å². The van der Waals surface area contributed by atoms with Gasteiger partial charge >= 0.3 is 12.3 Å². The number of ether oxygens (including phenoxy) is 2. The Hall–Kier alpha value is -3.40. The molecule has 0 aliphatic carbocycles. The number of amides is 2. The Balaban J connectivity index is 1.61. The highest BCUT2D eigenvalue weighted by molar-refractivity contribution is 6.22. The van der Waals surface area contributed by atoms with Gasteiger partial charge in [0.2, 0.25) is 5.91 Å². The first-order valence-electron chi connectivity index (χ1n) is 8.81. The fraction of sp³-hybridized carbons (Fsp3) is 0.250. The molecule has 10 heteroatoms. The number of nitrogens with one attached hydrogen (secondary N) is 1. The van der Waals surface area contributed by atoms with Gasteiger partial charge < -0.3 is 14.8 Å². The fourth-order valence-electron chi connectivity index (χ4n) is 2.98. The molecule has 0 unspecified atom stereocenters. The van der Waals surface area contributed by atoms with Crippen molar-refractivity contribution in [2.75, 3.05) is 12.0 Å². The second-order valence-electron chi connectivity index (χ2n) is 6.44. The van der Waals surface area contributed by atoms with Crippen LogP contribution >= 0.6 is 0 Å². The van der Waals surface area contributed by atoms with Gasteiger partial charge in [-0.3, -0.25) is 9.59 Å². The van der Waals surface area contributed by atoms with Gasteiger partial charge in [0, 0.05) is 6.54 Å². The molecule has 2 aromatic rings. The SMILES string of the molecule is COC(=O)c1ccc(N2C(=O)C[C@@H](NCc3ccc(OC(F)(F)F)cc3)C2=O)cc1. The summed E-state index contributed by atoms with van der Waals surface area (Å²) in [4.78, 5) is 37.5. The highest BCUT2D eigenvalue weighted by Gasteiger charge is 2.39. The average Bonchev–Trinajstić information content (AvgIpc) is 2.99. The molecule has 2 amide bonds. The molecule has 158 valence electrons. The van der Waals surface area contributed by atoms with E-state index in [0.717, 1.165) is 4.90 Å². The Morgan fingerprint density at radius 3 is 2.30 bits per heavy atom. The van der Waals surface area contributed by atoms with Gasteiger partial charge in [-0.15, -0.1) is 13.2 Å². The minimum Gasteiger partial charge on any atom is -0.465 e. The van der Waals surface area contributed by atoms with Crippen LogP contribution in [0.5, 0.6) is 5.75 Å². The van der Waals surface area contributed by atoms with E-state index in [1.807, 2.05) is 0 Å². The zero-order chi connectivity index (χ0) is 21.9. The predicted octanol–water partition coefficient (Wildman–Crippen LogP) is 2.79. The molecule has 0 radical (unpaired) electrons. The lowest BCUT2D eigenvalue weighted by Gasteiger charge is -2.16. The number of esters is 1. The van der Waals surface area contributed by atoms with Crippen molar-refractivity contribution in [2.45, 2.75) is 25.4 Å². The first-order valence-corrected chi connectivity index (χ1v) is 8.81. The van der Waals surface area contributed by atoms with E-state index < -0.39 is 30.2 Å². The van der Waals surface area contributed by atoms with E-state index in [1.54, 1.807) is 0 Å². The third kappa shape index (κ3) is 4.95. The molecule has 1 N–H and O–H groups in total. The lowest BCUT2D eigenvalue weighted by Crippen LogP contribution is -2.38. The standard InChI is InChI=1S/C20H17F3N2O5/c1-29-19(28)13-4-6-14(7-5-13)25-17(26)10-16(18(25)27)24-11-12-2-8-15(9-3-12)30-20(21,22)23/h2-9,16,24H,10-11H2,1H3/t16-/m1/s1. The molecule has 1 atom stereocenters. The lowest BCUT2D eigenvalue weighted by atomic mass is 10.2. The van der Waals surface area contributed by atoms with Crippen LogP contribution in [0.15, 0.2) is 48.5 Å². The first kappa shape index (κ1) is 21.3. The van der Waals surface area contributed by atoms with Gasteiger partial charge in [0.05, 0.1) is 30.8 Å². The summed E-state index contributed by atoms with van der Waals surface area (Å²) >= 11 is 0. The van der Waals surface area contributed by atoms with Crippen LogP contribution in [-0.4, -0.2) is 37.3 Å². The summed E-state index contributed by atoms with van der Waals surface area (Å²) in [5.74, 6) is -1.74. The van der Waals surface area contributed by atoms with E-state index in [0.29, 0.717) is 11.3 Å². The van der Waals surface area contributed by atoms with Crippen LogP contribution in [0, 0.1) is 0 Å². The summed E-state index contributed by atoms with van der Waals surface area (Å²) in [6.45, 7) is 0.172. The minimum atomic E-state index is -4.77. The molecule has 0 spiro atoms. The number of rotatable bonds is 6. The van der Waals surface area contributed by atoms with Crippen molar-refractivity contribution < 1.29 is 37.0 Å². The molecular weight excluding hydrogens is 405 g/mol. The smallest absolute Gasteiger partial charge is 0.465 e. The van der Waals surface area contributed by atoms with Crippen LogP contribution < -0.4 is 15.0 Å². The van der Waals surface area contributed by atoms with Gasteiger partial charge in [-0.1, -0.05) is 12.1 Å². The van der Waals surface area contributed by atoms with Crippen molar-refractivity contribution in [3.05, 3.63) is 59.7 Å². The Kier molecular flexibility index (Phi) is 6.06. The molecule has 7 nitrogen and oxygen atoms in total. The fourth-order valence-corrected chi connectivity index (χ4v) is 2.98. The largest absolute Gasteiger partial charge is 0.573 e. The van der Waals surface area contributed by atoms with Crippen molar-refractivity contribution in [2.24, 2.45) is 0 Å². The van der Waals surface area contributed by atoms with Crippen LogP contribution in [0.2, 0.25) is 0 Å². The number of nitrogens with zero attached hydrogens (tertiary/aromatic N) is 1. The maximum absolute atomic E-state index is 12.6. The molecule has 1 aliphatic rings. The summed E-state index contributed by atoms with van der Waals surface area (Å²) in [6, 6.07) is 10.3. The number of imide groups is 1. The molecule has 1 aliphatic heterocycles. The molecule has 1 heterocycles. The lowest BCUT2D eigenvalue weighted by molar-refractivity contribution is -0.274. The molecule has 3 rings (SSSR count). The van der Waals surface area contributed by atoms with E-state index in [4.69, 9.17) is 0 Å². The van der Waals surface area contributed by atoms with Crippen LogP contribution in [0.25, 0.3) is 0 Å². The second kappa shape index (κ2) is 8.54. The molecule has 2 aromatic carbocycles. The maximum atomic E-state index is 12.6. The van der Waals surface area contributed by atoms with Gasteiger partial charge in [0.1, 0.15) is 5.75 Å². The van der Waals surface area contributed by atoms with E-state index in [2.05, 4.69) is 14.8 Å². The van der Waals surface area contributed by atoms with Crippen molar-refractivity contribution in [1.82, 2.24) is 5.32 Å².